The topological polar surface area (TPSA) is 12.0 Å². The predicted molar refractivity (Wildman–Crippen MR) is 78.1 cm³/mol. The first-order valence-electron chi connectivity index (χ1n) is 5.81. The third-order valence-electron chi connectivity index (χ3n) is 2.92. The van der Waals surface area contributed by atoms with Crippen LogP contribution in [0, 0.1) is 6.92 Å². The van der Waals surface area contributed by atoms with Gasteiger partial charge in [-0.25, -0.2) is 0 Å². The van der Waals surface area contributed by atoms with Gasteiger partial charge < -0.3 is 5.32 Å². The fourth-order valence-electron chi connectivity index (χ4n) is 1.46. The number of hydrogen-bond acceptors (Lipinski definition) is 1. The van der Waals surface area contributed by atoms with Crippen molar-refractivity contribution in [2.75, 3.05) is 5.32 Å². The van der Waals surface area contributed by atoms with E-state index in [0.717, 1.165) is 28.1 Å². The highest BCUT2D eigenvalue weighted by atomic mass is 14.9. The van der Waals surface area contributed by atoms with Gasteiger partial charge in [0.2, 0.25) is 0 Å². The molecule has 0 saturated heterocycles. The van der Waals surface area contributed by atoms with Gasteiger partial charge >= 0.3 is 0 Å². The lowest BCUT2D eigenvalue weighted by atomic mass is 10.0. The molecule has 1 N–H and O–H groups in total. The van der Waals surface area contributed by atoms with Crippen LogP contribution in [0.25, 0.3) is 5.57 Å². The van der Waals surface area contributed by atoms with E-state index in [1.165, 1.54) is 5.56 Å². The van der Waals surface area contributed by atoms with Crippen LogP contribution in [0.1, 0.15) is 31.9 Å². The minimum Gasteiger partial charge on any atom is -0.356 e. The summed E-state index contributed by atoms with van der Waals surface area (Å²) in [5, 5.41) is 3.35. The molecule has 0 aliphatic carbocycles. The van der Waals surface area contributed by atoms with Crippen molar-refractivity contribution in [2.24, 2.45) is 0 Å². The first-order valence-corrected chi connectivity index (χ1v) is 5.81. The second-order valence-electron chi connectivity index (χ2n) is 4.39. The van der Waals surface area contributed by atoms with Crippen LogP contribution in [0.5, 0.6) is 0 Å². The van der Waals surface area contributed by atoms with E-state index in [0.29, 0.717) is 0 Å². The van der Waals surface area contributed by atoms with Gasteiger partial charge in [0.1, 0.15) is 0 Å². The van der Waals surface area contributed by atoms with Crippen LogP contribution >= 0.6 is 0 Å². The number of anilines is 1. The molecule has 1 aromatic rings. The van der Waals surface area contributed by atoms with Gasteiger partial charge in [0.15, 0.2) is 0 Å². The van der Waals surface area contributed by atoms with E-state index in [4.69, 9.17) is 0 Å². The number of benzene rings is 1. The zero-order valence-corrected chi connectivity index (χ0v) is 11.2. The molecule has 0 heterocycles. The molecule has 1 rings (SSSR count). The Morgan fingerprint density at radius 1 is 1.24 bits per heavy atom. The van der Waals surface area contributed by atoms with Crippen molar-refractivity contribution in [3.05, 3.63) is 59.8 Å². The normalized spacial score (nSPS) is 11.2. The van der Waals surface area contributed by atoms with Crippen molar-refractivity contribution in [3.8, 4) is 0 Å². The van der Waals surface area contributed by atoms with E-state index in [9.17, 15) is 0 Å². The molecule has 0 atom stereocenters. The molecule has 1 nitrogen and oxygen atoms in total. The van der Waals surface area contributed by atoms with Crippen LogP contribution < -0.4 is 5.32 Å². The summed E-state index contributed by atoms with van der Waals surface area (Å²) in [5.74, 6) is 0. The lowest BCUT2D eigenvalue weighted by Gasteiger charge is -2.14. The molecule has 0 unspecified atom stereocenters. The summed E-state index contributed by atoms with van der Waals surface area (Å²) in [6.07, 6.45) is 2.05. The monoisotopic (exact) mass is 227 g/mol. The zero-order chi connectivity index (χ0) is 13.0. The van der Waals surface area contributed by atoms with Gasteiger partial charge in [0.25, 0.3) is 0 Å². The Hall–Kier alpha value is -1.76. The van der Waals surface area contributed by atoms with Crippen molar-refractivity contribution in [2.45, 2.75) is 27.7 Å². The first kappa shape index (κ1) is 13.3. The van der Waals surface area contributed by atoms with E-state index < -0.39 is 0 Å². The SMILES string of the molecule is C=C(Nc1cc(C(=C)C)ccc1C)/C(C)=C/C. The Bertz CT molecular complexity index is 478. The Kier molecular flexibility index (Phi) is 4.33. The standard InChI is InChI=1S/C16H21N/c1-7-12(4)14(6)17-16-10-15(11(2)3)9-8-13(16)5/h7-10,17H,2,6H2,1,3-5H3/b12-7+. The Morgan fingerprint density at radius 3 is 2.41 bits per heavy atom. The van der Waals surface area contributed by atoms with E-state index in [-0.39, 0.29) is 0 Å². The van der Waals surface area contributed by atoms with Crippen LogP contribution in [0.4, 0.5) is 5.69 Å². The summed E-state index contributed by atoms with van der Waals surface area (Å²) >= 11 is 0. The molecule has 0 radical (unpaired) electrons. The van der Waals surface area contributed by atoms with Gasteiger partial charge in [0, 0.05) is 11.4 Å². The van der Waals surface area contributed by atoms with Crippen molar-refractivity contribution in [1.29, 1.82) is 0 Å². The molecule has 90 valence electrons. The maximum absolute atomic E-state index is 4.03. The van der Waals surface area contributed by atoms with E-state index in [1.807, 2.05) is 26.8 Å². The molecule has 17 heavy (non-hydrogen) atoms. The van der Waals surface area contributed by atoms with Crippen LogP contribution in [-0.2, 0) is 0 Å². The molecule has 0 spiro atoms. The summed E-state index contributed by atoms with van der Waals surface area (Å²) in [5.41, 5.74) is 6.63. The van der Waals surface area contributed by atoms with Gasteiger partial charge in [-0.1, -0.05) is 36.9 Å². The number of aryl methyl sites for hydroxylation is 1. The van der Waals surface area contributed by atoms with E-state index in [2.05, 4.69) is 43.6 Å². The van der Waals surface area contributed by atoms with Gasteiger partial charge in [0.05, 0.1) is 0 Å². The average Bonchev–Trinajstić information content (AvgIpc) is 2.30. The minimum absolute atomic E-state index is 0.939. The molecule has 0 aliphatic heterocycles. The molecule has 0 fully saturated rings. The molecular formula is C16H21N. The molecule has 0 saturated carbocycles. The number of allylic oxidation sites excluding steroid dienone is 3. The maximum Gasteiger partial charge on any atom is 0.0419 e. The van der Waals surface area contributed by atoms with Crippen molar-refractivity contribution < 1.29 is 0 Å². The second-order valence-corrected chi connectivity index (χ2v) is 4.39. The Balaban J connectivity index is 3.02. The predicted octanol–water partition coefficient (Wildman–Crippen LogP) is 4.92. The van der Waals surface area contributed by atoms with Gasteiger partial charge in [-0.3, -0.25) is 0 Å². The average molecular weight is 227 g/mol. The van der Waals surface area contributed by atoms with Gasteiger partial charge in [-0.2, -0.15) is 0 Å². The summed E-state index contributed by atoms with van der Waals surface area (Å²) in [7, 11) is 0. The largest absolute Gasteiger partial charge is 0.356 e. The highest BCUT2D eigenvalue weighted by Gasteiger charge is 2.03. The molecule has 1 aromatic carbocycles. The minimum atomic E-state index is 0.939. The summed E-state index contributed by atoms with van der Waals surface area (Å²) in [6.45, 7) is 16.2. The van der Waals surface area contributed by atoms with Gasteiger partial charge in [-0.15, -0.1) is 0 Å². The quantitative estimate of drug-likeness (QED) is 0.720. The van der Waals surface area contributed by atoms with Crippen LogP contribution in [0.15, 0.2) is 48.7 Å². The van der Waals surface area contributed by atoms with E-state index >= 15 is 0 Å². The lowest BCUT2D eigenvalue weighted by molar-refractivity contribution is 1.31. The maximum atomic E-state index is 4.03. The van der Waals surface area contributed by atoms with Crippen LogP contribution in [0.3, 0.4) is 0 Å². The number of rotatable bonds is 4. The fraction of sp³-hybridized carbons (Fsp3) is 0.250. The second kappa shape index (κ2) is 5.53. The molecule has 0 aromatic heterocycles. The highest BCUT2D eigenvalue weighted by Crippen LogP contribution is 2.23. The van der Waals surface area contributed by atoms with Crippen molar-refractivity contribution >= 4 is 11.3 Å². The molecule has 0 aliphatic rings. The third-order valence-corrected chi connectivity index (χ3v) is 2.92. The summed E-state index contributed by atoms with van der Waals surface area (Å²) < 4.78 is 0. The smallest absolute Gasteiger partial charge is 0.0419 e. The summed E-state index contributed by atoms with van der Waals surface area (Å²) in [4.78, 5) is 0. The van der Waals surface area contributed by atoms with Crippen LogP contribution in [-0.4, -0.2) is 0 Å². The lowest BCUT2D eigenvalue weighted by Crippen LogP contribution is -2.01. The third kappa shape index (κ3) is 3.35. The molecule has 0 bridgehead atoms. The van der Waals surface area contributed by atoms with Crippen LogP contribution in [0.2, 0.25) is 0 Å². The number of nitrogens with one attached hydrogen (secondary N) is 1. The Labute approximate surface area is 105 Å². The fourth-order valence-corrected chi connectivity index (χ4v) is 1.46. The Morgan fingerprint density at radius 2 is 1.88 bits per heavy atom. The molecule has 1 heteroatoms. The van der Waals surface area contributed by atoms with Gasteiger partial charge in [-0.05, 0) is 50.5 Å². The molecule has 0 amide bonds. The number of hydrogen-bond donors (Lipinski definition) is 1. The van der Waals surface area contributed by atoms with Crippen molar-refractivity contribution in [1.82, 2.24) is 0 Å². The first-order chi connectivity index (χ1) is 7.95. The summed E-state index contributed by atoms with van der Waals surface area (Å²) in [6, 6.07) is 6.31. The highest BCUT2D eigenvalue weighted by molar-refractivity contribution is 5.68. The molecular weight excluding hydrogens is 206 g/mol. The van der Waals surface area contributed by atoms with E-state index in [1.54, 1.807) is 0 Å². The zero-order valence-electron chi connectivity index (χ0n) is 11.2. The van der Waals surface area contributed by atoms with Crippen molar-refractivity contribution in [3.63, 3.8) is 0 Å².